The van der Waals surface area contributed by atoms with Crippen LogP contribution in [0, 0.1) is 12.8 Å². The third-order valence-electron chi connectivity index (χ3n) is 3.66. The van der Waals surface area contributed by atoms with Gasteiger partial charge in [-0.2, -0.15) is 0 Å². The fourth-order valence-corrected chi connectivity index (χ4v) is 2.48. The highest BCUT2D eigenvalue weighted by atomic mass is 15.1. The summed E-state index contributed by atoms with van der Waals surface area (Å²) in [6, 6.07) is 6.93. The Labute approximate surface area is 99.5 Å². The summed E-state index contributed by atoms with van der Waals surface area (Å²) in [6.07, 6.45) is 1.34. The van der Waals surface area contributed by atoms with E-state index >= 15 is 0 Å². The lowest BCUT2D eigenvalue weighted by atomic mass is 10.0. The molecule has 0 aromatic heterocycles. The van der Waals surface area contributed by atoms with Crippen LogP contribution in [-0.2, 0) is 0 Å². The van der Waals surface area contributed by atoms with E-state index in [1.807, 2.05) is 0 Å². The van der Waals surface area contributed by atoms with Gasteiger partial charge in [0.2, 0.25) is 0 Å². The van der Waals surface area contributed by atoms with Gasteiger partial charge in [-0.1, -0.05) is 32.9 Å². The van der Waals surface area contributed by atoms with Crippen molar-refractivity contribution in [2.24, 2.45) is 5.92 Å². The van der Waals surface area contributed by atoms with Gasteiger partial charge in [0.25, 0.3) is 0 Å². The maximum absolute atomic E-state index is 2.55. The Bertz CT molecular complexity index is 368. The van der Waals surface area contributed by atoms with Gasteiger partial charge in [-0.15, -0.1) is 0 Å². The zero-order valence-electron chi connectivity index (χ0n) is 11.0. The number of hydrogen-bond acceptors (Lipinski definition) is 1. The summed E-state index contributed by atoms with van der Waals surface area (Å²) in [5.41, 5.74) is 4.33. The van der Waals surface area contributed by atoms with Crippen LogP contribution >= 0.6 is 0 Å². The lowest BCUT2D eigenvalue weighted by Crippen LogP contribution is -2.20. The first kappa shape index (κ1) is 11.5. The van der Waals surface area contributed by atoms with Crippen LogP contribution in [-0.4, -0.2) is 13.1 Å². The normalized spacial score (nSPS) is 20.8. The van der Waals surface area contributed by atoms with Crippen molar-refractivity contribution in [1.29, 1.82) is 0 Å². The molecule has 0 radical (unpaired) electrons. The van der Waals surface area contributed by atoms with Gasteiger partial charge in [0.1, 0.15) is 0 Å². The van der Waals surface area contributed by atoms with Gasteiger partial charge in [0.05, 0.1) is 0 Å². The fraction of sp³-hybridized carbons (Fsp3) is 0.600. The van der Waals surface area contributed by atoms with E-state index in [1.165, 1.54) is 36.3 Å². The Morgan fingerprint density at radius 3 is 2.62 bits per heavy atom. The van der Waals surface area contributed by atoms with Crippen molar-refractivity contribution in [3.05, 3.63) is 29.3 Å². The zero-order chi connectivity index (χ0) is 11.7. The molecule has 1 saturated heterocycles. The van der Waals surface area contributed by atoms with Crippen LogP contribution < -0.4 is 4.90 Å². The van der Waals surface area contributed by atoms with Crippen molar-refractivity contribution in [2.45, 2.75) is 40.0 Å². The Kier molecular flexibility index (Phi) is 3.22. The number of benzene rings is 1. The molecule has 88 valence electrons. The van der Waals surface area contributed by atoms with Crippen LogP contribution in [0.5, 0.6) is 0 Å². The van der Waals surface area contributed by atoms with E-state index in [4.69, 9.17) is 0 Å². The molecule has 0 aliphatic carbocycles. The molecule has 0 bridgehead atoms. The first-order valence-corrected chi connectivity index (χ1v) is 6.43. The largest absolute Gasteiger partial charge is 0.371 e. The maximum atomic E-state index is 2.55. The molecule has 1 aliphatic rings. The first-order chi connectivity index (χ1) is 7.58. The van der Waals surface area contributed by atoms with Gasteiger partial charge in [-0.05, 0) is 42.4 Å². The Morgan fingerprint density at radius 1 is 1.31 bits per heavy atom. The smallest absolute Gasteiger partial charge is 0.0398 e. The molecular formula is C15H23N. The quantitative estimate of drug-likeness (QED) is 0.724. The molecule has 0 spiro atoms. The van der Waals surface area contributed by atoms with Crippen molar-refractivity contribution in [2.75, 3.05) is 18.0 Å². The molecule has 1 nitrogen and oxygen atoms in total. The summed E-state index contributed by atoms with van der Waals surface area (Å²) in [7, 11) is 0. The van der Waals surface area contributed by atoms with Crippen molar-refractivity contribution in [3.8, 4) is 0 Å². The summed E-state index contributed by atoms with van der Waals surface area (Å²) in [6.45, 7) is 11.6. The highest BCUT2D eigenvalue weighted by molar-refractivity contribution is 5.56. The molecule has 1 heteroatoms. The molecule has 1 fully saturated rings. The van der Waals surface area contributed by atoms with Crippen LogP contribution in [0.2, 0.25) is 0 Å². The summed E-state index contributed by atoms with van der Waals surface area (Å²) in [5, 5.41) is 0. The van der Waals surface area contributed by atoms with Crippen molar-refractivity contribution < 1.29 is 0 Å². The van der Waals surface area contributed by atoms with Crippen LogP contribution in [0.3, 0.4) is 0 Å². The van der Waals surface area contributed by atoms with Gasteiger partial charge >= 0.3 is 0 Å². The van der Waals surface area contributed by atoms with Gasteiger partial charge in [0, 0.05) is 18.8 Å². The van der Waals surface area contributed by atoms with Crippen LogP contribution in [0.1, 0.15) is 44.2 Å². The number of aryl methyl sites for hydroxylation is 1. The average Bonchev–Trinajstić information content (AvgIpc) is 2.65. The number of nitrogens with zero attached hydrogens (tertiary/aromatic N) is 1. The molecule has 1 aromatic rings. The van der Waals surface area contributed by atoms with Crippen LogP contribution in [0.4, 0.5) is 5.69 Å². The van der Waals surface area contributed by atoms with Gasteiger partial charge in [-0.25, -0.2) is 0 Å². The molecule has 0 amide bonds. The van der Waals surface area contributed by atoms with E-state index in [9.17, 15) is 0 Å². The SMILES string of the molecule is Cc1ccc(C(C)C)cc1N1CCC(C)C1. The molecule has 1 unspecified atom stereocenters. The Morgan fingerprint density at radius 2 is 2.06 bits per heavy atom. The van der Waals surface area contributed by atoms with Gasteiger partial charge in [-0.3, -0.25) is 0 Å². The standard InChI is InChI=1S/C15H23N/c1-11(2)14-6-5-13(4)15(9-14)16-8-7-12(3)10-16/h5-6,9,11-12H,7-8,10H2,1-4H3. The highest BCUT2D eigenvalue weighted by Gasteiger charge is 2.20. The molecule has 16 heavy (non-hydrogen) atoms. The molecule has 0 saturated carbocycles. The van der Waals surface area contributed by atoms with E-state index in [0.29, 0.717) is 5.92 Å². The highest BCUT2D eigenvalue weighted by Crippen LogP contribution is 2.29. The molecule has 0 N–H and O–H groups in total. The fourth-order valence-electron chi connectivity index (χ4n) is 2.48. The topological polar surface area (TPSA) is 3.24 Å². The Balaban J connectivity index is 2.28. The van der Waals surface area contributed by atoms with E-state index in [2.05, 4.69) is 50.8 Å². The van der Waals surface area contributed by atoms with Gasteiger partial charge in [0.15, 0.2) is 0 Å². The molecule has 1 atom stereocenters. The first-order valence-electron chi connectivity index (χ1n) is 6.43. The second-order valence-corrected chi connectivity index (χ2v) is 5.54. The third-order valence-corrected chi connectivity index (χ3v) is 3.66. The molecule has 1 aromatic carbocycles. The number of anilines is 1. The summed E-state index contributed by atoms with van der Waals surface area (Å²) < 4.78 is 0. The maximum Gasteiger partial charge on any atom is 0.0398 e. The minimum Gasteiger partial charge on any atom is -0.371 e. The van der Waals surface area contributed by atoms with Crippen LogP contribution in [0.15, 0.2) is 18.2 Å². The molecular weight excluding hydrogens is 194 g/mol. The minimum atomic E-state index is 0.624. The molecule has 2 rings (SSSR count). The van der Waals surface area contributed by atoms with E-state index in [-0.39, 0.29) is 0 Å². The number of hydrogen-bond donors (Lipinski definition) is 0. The van der Waals surface area contributed by atoms with Crippen molar-refractivity contribution in [3.63, 3.8) is 0 Å². The van der Waals surface area contributed by atoms with E-state index in [1.54, 1.807) is 0 Å². The van der Waals surface area contributed by atoms with E-state index < -0.39 is 0 Å². The van der Waals surface area contributed by atoms with E-state index in [0.717, 1.165) is 5.92 Å². The number of rotatable bonds is 2. The monoisotopic (exact) mass is 217 g/mol. The second kappa shape index (κ2) is 4.48. The van der Waals surface area contributed by atoms with Crippen molar-refractivity contribution in [1.82, 2.24) is 0 Å². The second-order valence-electron chi connectivity index (χ2n) is 5.54. The lowest BCUT2D eigenvalue weighted by molar-refractivity contribution is 0.659. The molecule has 1 heterocycles. The third kappa shape index (κ3) is 2.23. The summed E-state index contributed by atoms with van der Waals surface area (Å²) in [5.74, 6) is 1.47. The zero-order valence-corrected chi connectivity index (χ0v) is 11.0. The average molecular weight is 217 g/mol. The minimum absolute atomic E-state index is 0.624. The van der Waals surface area contributed by atoms with Crippen molar-refractivity contribution >= 4 is 5.69 Å². The lowest BCUT2D eigenvalue weighted by Gasteiger charge is -2.22. The van der Waals surface area contributed by atoms with Gasteiger partial charge < -0.3 is 4.90 Å². The predicted molar refractivity (Wildman–Crippen MR) is 71.3 cm³/mol. The van der Waals surface area contributed by atoms with Crippen LogP contribution in [0.25, 0.3) is 0 Å². The summed E-state index contributed by atoms with van der Waals surface area (Å²) >= 11 is 0. The molecule has 1 aliphatic heterocycles. The summed E-state index contributed by atoms with van der Waals surface area (Å²) in [4.78, 5) is 2.55. The predicted octanol–water partition coefficient (Wildman–Crippen LogP) is 3.96. The Hall–Kier alpha value is -0.980.